The van der Waals surface area contributed by atoms with Gasteiger partial charge in [-0.3, -0.25) is 4.79 Å². The number of anilines is 1. The number of nitrogens with one attached hydrogen (secondary N) is 1. The van der Waals surface area contributed by atoms with Crippen molar-refractivity contribution in [1.82, 2.24) is 10.3 Å². The van der Waals surface area contributed by atoms with Gasteiger partial charge in [-0.25, -0.2) is 9.78 Å². The Balaban J connectivity index is 1.56. The van der Waals surface area contributed by atoms with E-state index in [0.29, 0.717) is 41.5 Å². The lowest BCUT2D eigenvalue weighted by molar-refractivity contribution is -0.122. The summed E-state index contributed by atoms with van der Waals surface area (Å²) < 4.78 is 5.05. The molecule has 2 heterocycles. The topological polar surface area (TPSA) is 95.3 Å². The molecule has 1 aromatic heterocycles. The first kappa shape index (κ1) is 22.3. The molecule has 1 aromatic carbocycles. The van der Waals surface area contributed by atoms with Gasteiger partial charge < -0.3 is 15.0 Å². The molecule has 0 unspecified atom stereocenters. The van der Waals surface area contributed by atoms with E-state index in [2.05, 4.69) is 21.3 Å². The normalized spacial score (nSPS) is 14.0. The lowest BCUT2D eigenvalue weighted by Crippen LogP contribution is -2.37. The number of benzene rings is 1. The van der Waals surface area contributed by atoms with E-state index in [1.807, 2.05) is 30.3 Å². The van der Waals surface area contributed by atoms with Crippen LogP contribution >= 0.6 is 0 Å². The number of nitrogens with zero attached hydrogens (tertiary/aromatic N) is 3. The molecule has 0 aliphatic carbocycles. The zero-order valence-electron chi connectivity index (χ0n) is 18.1. The zero-order valence-corrected chi connectivity index (χ0v) is 18.1. The maximum atomic E-state index is 12.3. The molecule has 7 nitrogen and oxygen atoms in total. The van der Waals surface area contributed by atoms with E-state index < -0.39 is 5.97 Å². The van der Waals surface area contributed by atoms with Crippen LogP contribution in [0.2, 0.25) is 0 Å². The quantitative estimate of drug-likeness (QED) is 0.690. The molecule has 0 radical (unpaired) electrons. The summed E-state index contributed by atoms with van der Waals surface area (Å²) in [5.41, 5.74) is 2.33. The van der Waals surface area contributed by atoms with Gasteiger partial charge in [0.1, 0.15) is 11.9 Å². The second-order valence-electron chi connectivity index (χ2n) is 7.72. The van der Waals surface area contributed by atoms with Crippen LogP contribution in [0.1, 0.15) is 53.4 Å². The number of ether oxygens (including phenoxy) is 1. The van der Waals surface area contributed by atoms with Crippen LogP contribution in [0.25, 0.3) is 0 Å². The Labute approximate surface area is 183 Å². The predicted octanol–water partition coefficient (Wildman–Crippen LogP) is 3.36. The van der Waals surface area contributed by atoms with Gasteiger partial charge in [0, 0.05) is 26.1 Å². The molecule has 0 atom stereocenters. The lowest BCUT2D eigenvalue weighted by atomic mass is 9.93. The smallest absolute Gasteiger partial charge is 0.340 e. The van der Waals surface area contributed by atoms with E-state index in [1.165, 1.54) is 0 Å². The van der Waals surface area contributed by atoms with Gasteiger partial charge in [0.05, 0.1) is 23.4 Å². The van der Waals surface area contributed by atoms with Crippen LogP contribution in [0.3, 0.4) is 0 Å². The van der Waals surface area contributed by atoms with Crippen molar-refractivity contribution in [3.63, 3.8) is 0 Å². The van der Waals surface area contributed by atoms with Crippen molar-refractivity contribution in [2.75, 3.05) is 24.6 Å². The molecule has 1 fully saturated rings. The fraction of sp³-hybridized carbons (Fsp3) is 0.417. The van der Waals surface area contributed by atoms with Crippen molar-refractivity contribution in [2.24, 2.45) is 5.92 Å². The average molecular weight is 421 g/mol. The van der Waals surface area contributed by atoms with Crippen molar-refractivity contribution in [3.05, 3.63) is 58.8 Å². The van der Waals surface area contributed by atoms with Crippen molar-refractivity contribution in [3.8, 4) is 6.07 Å². The highest BCUT2D eigenvalue weighted by atomic mass is 16.5. The first-order valence-electron chi connectivity index (χ1n) is 10.7. The molecule has 7 heteroatoms. The molecule has 1 aliphatic rings. The predicted molar refractivity (Wildman–Crippen MR) is 117 cm³/mol. The summed E-state index contributed by atoms with van der Waals surface area (Å²) >= 11 is 0. The number of rotatable bonds is 7. The van der Waals surface area contributed by atoms with E-state index in [9.17, 15) is 14.9 Å². The number of amides is 1. The Morgan fingerprint density at radius 2 is 1.97 bits per heavy atom. The van der Waals surface area contributed by atoms with Gasteiger partial charge in [0.25, 0.3) is 0 Å². The maximum absolute atomic E-state index is 12.3. The van der Waals surface area contributed by atoms with Crippen LogP contribution in [-0.2, 0) is 16.1 Å². The van der Waals surface area contributed by atoms with Gasteiger partial charge in [-0.1, -0.05) is 30.3 Å². The minimum absolute atomic E-state index is 0.0628. The molecule has 0 saturated carbocycles. The van der Waals surface area contributed by atoms with Crippen LogP contribution in [0.5, 0.6) is 0 Å². The zero-order chi connectivity index (χ0) is 22.2. The van der Waals surface area contributed by atoms with Crippen LogP contribution in [0, 0.1) is 24.2 Å². The fourth-order valence-electron chi connectivity index (χ4n) is 3.81. The number of nitriles is 1. The number of hydrogen-bond acceptors (Lipinski definition) is 6. The van der Waals surface area contributed by atoms with Gasteiger partial charge in [-0.05, 0) is 44.2 Å². The van der Waals surface area contributed by atoms with Crippen LogP contribution in [0.4, 0.5) is 5.82 Å². The summed E-state index contributed by atoms with van der Waals surface area (Å²) in [5.74, 6) is 0.501. The molecule has 0 bridgehead atoms. The first-order chi connectivity index (χ1) is 15.0. The SMILES string of the molecule is CCOC(=O)c1cc(C#N)c(N2CCC(CC(=O)NCc3ccccc3)CC2)nc1C. The van der Waals surface area contributed by atoms with Crippen molar-refractivity contribution in [2.45, 2.75) is 39.7 Å². The van der Waals surface area contributed by atoms with E-state index in [4.69, 9.17) is 4.74 Å². The molecule has 162 valence electrons. The van der Waals surface area contributed by atoms with E-state index >= 15 is 0 Å². The molecule has 1 saturated heterocycles. The molecule has 31 heavy (non-hydrogen) atoms. The summed E-state index contributed by atoms with van der Waals surface area (Å²) in [5, 5.41) is 12.6. The number of carbonyl (C=O) groups is 2. The summed E-state index contributed by atoms with van der Waals surface area (Å²) in [7, 11) is 0. The van der Waals surface area contributed by atoms with Crippen LogP contribution in [-0.4, -0.2) is 36.6 Å². The Bertz CT molecular complexity index is 961. The minimum Gasteiger partial charge on any atom is -0.462 e. The fourth-order valence-corrected chi connectivity index (χ4v) is 3.81. The molecule has 2 aromatic rings. The Kier molecular flexibility index (Phi) is 7.60. The van der Waals surface area contributed by atoms with E-state index in [0.717, 1.165) is 31.5 Å². The monoisotopic (exact) mass is 420 g/mol. The second-order valence-corrected chi connectivity index (χ2v) is 7.72. The molecule has 1 N–H and O–H groups in total. The average Bonchev–Trinajstić information content (AvgIpc) is 2.79. The lowest BCUT2D eigenvalue weighted by Gasteiger charge is -2.33. The third-order valence-corrected chi connectivity index (χ3v) is 5.53. The minimum atomic E-state index is -0.462. The second kappa shape index (κ2) is 10.6. The summed E-state index contributed by atoms with van der Waals surface area (Å²) in [4.78, 5) is 31.0. The summed E-state index contributed by atoms with van der Waals surface area (Å²) in [6.07, 6.45) is 2.20. The first-order valence-corrected chi connectivity index (χ1v) is 10.7. The number of piperidine rings is 1. The largest absolute Gasteiger partial charge is 0.462 e. The summed E-state index contributed by atoms with van der Waals surface area (Å²) in [6.45, 7) is 5.74. The Morgan fingerprint density at radius 3 is 2.61 bits per heavy atom. The Morgan fingerprint density at radius 1 is 1.26 bits per heavy atom. The number of esters is 1. The van der Waals surface area contributed by atoms with Gasteiger partial charge in [0.2, 0.25) is 5.91 Å². The van der Waals surface area contributed by atoms with Gasteiger partial charge in [0.15, 0.2) is 0 Å². The highest BCUT2D eigenvalue weighted by Crippen LogP contribution is 2.28. The molecular weight excluding hydrogens is 392 g/mol. The molecular formula is C24H28N4O3. The van der Waals surface area contributed by atoms with E-state index in [-0.39, 0.29) is 12.5 Å². The van der Waals surface area contributed by atoms with Gasteiger partial charge in [-0.15, -0.1) is 0 Å². The third-order valence-electron chi connectivity index (χ3n) is 5.53. The van der Waals surface area contributed by atoms with Crippen molar-refractivity contribution < 1.29 is 14.3 Å². The van der Waals surface area contributed by atoms with Crippen molar-refractivity contribution in [1.29, 1.82) is 5.26 Å². The maximum Gasteiger partial charge on any atom is 0.340 e. The number of carbonyl (C=O) groups excluding carboxylic acids is 2. The van der Waals surface area contributed by atoms with Gasteiger partial charge in [-0.2, -0.15) is 5.26 Å². The molecule has 1 amide bonds. The third kappa shape index (κ3) is 5.82. The van der Waals surface area contributed by atoms with Gasteiger partial charge >= 0.3 is 5.97 Å². The highest BCUT2D eigenvalue weighted by Gasteiger charge is 2.25. The molecule has 0 spiro atoms. The summed E-state index contributed by atoms with van der Waals surface area (Å²) in [6, 6.07) is 13.6. The number of hydrogen-bond donors (Lipinski definition) is 1. The number of pyridine rings is 1. The Hall–Kier alpha value is -3.40. The van der Waals surface area contributed by atoms with Crippen LogP contribution < -0.4 is 10.2 Å². The van der Waals surface area contributed by atoms with Crippen molar-refractivity contribution >= 4 is 17.7 Å². The number of aryl methyl sites for hydroxylation is 1. The molecule has 3 rings (SSSR count). The highest BCUT2D eigenvalue weighted by molar-refractivity contribution is 5.91. The number of aromatic nitrogens is 1. The van der Waals surface area contributed by atoms with E-state index in [1.54, 1.807) is 19.9 Å². The standard InChI is InChI=1S/C24H28N4O3/c1-3-31-24(30)21-14-20(15-25)23(27-17(21)2)28-11-9-18(10-12-28)13-22(29)26-16-19-7-5-4-6-8-19/h4-8,14,18H,3,9-13,16H2,1-2H3,(H,26,29). The van der Waals surface area contributed by atoms with Crippen LogP contribution in [0.15, 0.2) is 36.4 Å². The molecule has 1 aliphatic heterocycles.